The summed E-state index contributed by atoms with van der Waals surface area (Å²) in [5, 5.41) is 5.94. The molecule has 0 radical (unpaired) electrons. The summed E-state index contributed by atoms with van der Waals surface area (Å²) in [7, 11) is 2.02. The number of aromatic nitrogens is 5. The largest absolute Gasteiger partial charge is 0.331 e. The van der Waals surface area contributed by atoms with Gasteiger partial charge in [0.05, 0.1) is 0 Å². The van der Waals surface area contributed by atoms with E-state index in [0.717, 1.165) is 59.9 Å². The van der Waals surface area contributed by atoms with E-state index < -0.39 is 0 Å². The molecule has 6 heteroatoms. The molecule has 1 aliphatic heterocycles. The Bertz CT molecular complexity index is 1390. The number of pyridine rings is 1. The van der Waals surface area contributed by atoms with Gasteiger partial charge < -0.3 is 14.5 Å². The van der Waals surface area contributed by atoms with Crippen molar-refractivity contribution in [2.75, 3.05) is 13.1 Å². The van der Waals surface area contributed by atoms with Crippen molar-refractivity contribution in [3.63, 3.8) is 0 Å². The zero-order valence-corrected chi connectivity index (χ0v) is 17.5. The van der Waals surface area contributed by atoms with Gasteiger partial charge in [-0.3, -0.25) is 0 Å². The van der Waals surface area contributed by atoms with Crippen LogP contribution in [0.5, 0.6) is 0 Å². The van der Waals surface area contributed by atoms with Crippen LogP contribution in [0, 0.1) is 0 Å². The smallest absolute Gasteiger partial charge is 0.179 e. The maximum atomic E-state index is 5.14. The van der Waals surface area contributed by atoms with E-state index in [4.69, 9.17) is 9.97 Å². The molecule has 0 bridgehead atoms. The first kappa shape index (κ1) is 18.3. The summed E-state index contributed by atoms with van der Waals surface area (Å²) in [6.45, 7) is 2.02. The van der Waals surface area contributed by atoms with E-state index in [0.29, 0.717) is 6.04 Å². The first-order valence-electron chi connectivity index (χ1n) is 10.8. The van der Waals surface area contributed by atoms with Crippen molar-refractivity contribution in [3.05, 3.63) is 67.1 Å². The standard InChI is InChI=1S/C25H24N6/c1-30-15-14-28-24(30)25-29-22-21(19-7-6-17-4-2-3-5-18(17)16-19)10-13-27-23(22)31(25)20-8-11-26-12-9-20/h2-7,10,13-16,20,26H,8-9,11-12H2,1H3. The van der Waals surface area contributed by atoms with Crippen LogP contribution < -0.4 is 5.32 Å². The first-order valence-corrected chi connectivity index (χ1v) is 10.8. The van der Waals surface area contributed by atoms with Crippen LogP contribution >= 0.6 is 0 Å². The summed E-state index contributed by atoms with van der Waals surface area (Å²) in [5.74, 6) is 1.77. The molecule has 6 nitrogen and oxygen atoms in total. The summed E-state index contributed by atoms with van der Waals surface area (Å²) in [4.78, 5) is 14.6. The third kappa shape index (κ3) is 3.02. The number of hydrogen-bond acceptors (Lipinski definition) is 4. The van der Waals surface area contributed by atoms with Gasteiger partial charge in [0.1, 0.15) is 5.52 Å². The van der Waals surface area contributed by atoms with Gasteiger partial charge in [0, 0.05) is 37.2 Å². The molecule has 5 aromatic rings. The van der Waals surface area contributed by atoms with E-state index in [1.807, 2.05) is 30.2 Å². The zero-order valence-electron chi connectivity index (χ0n) is 17.5. The third-order valence-corrected chi connectivity index (χ3v) is 6.33. The van der Waals surface area contributed by atoms with Crippen LogP contribution in [0.2, 0.25) is 0 Å². The molecule has 0 aliphatic carbocycles. The highest BCUT2D eigenvalue weighted by Crippen LogP contribution is 2.35. The van der Waals surface area contributed by atoms with Gasteiger partial charge in [0.25, 0.3) is 0 Å². The van der Waals surface area contributed by atoms with Crippen molar-refractivity contribution in [1.82, 2.24) is 29.4 Å². The number of benzene rings is 2. The predicted octanol–water partition coefficient (Wildman–Crippen LogP) is 4.58. The van der Waals surface area contributed by atoms with Gasteiger partial charge in [-0.2, -0.15) is 0 Å². The lowest BCUT2D eigenvalue weighted by molar-refractivity contribution is 0.375. The van der Waals surface area contributed by atoms with Crippen molar-refractivity contribution in [2.45, 2.75) is 18.9 Å². The van der Waals surface area contributed by atoms with Crippen LogP contribution in [0.25, 0.3) is 44.7 Å². The summed E-state index contributed by atoms with van der Waals surface area (Å²) in [5.41, 5.74) is 4.15. The molecule has 1 N–H and O–H groups in total. The third-order valence-electron chi connectivity index (χ3n) is 6.33. The molecule has 3 aromatic heterocycles. The number of nitrogens with zero attached hydrogens (tertiary/aromatic N) is 5. The highest BCUT2D eigenvalue weighted by atomic mass is 15.2. The monoisotopic (exact) mass is 408 g/mol. The molecule has 0 amide bonds. The molecule has 0 unspecified atom stereocenters. The quantitative estimate of drug-likeness (QED) is 0.475. The highest BCUT2D eigenvalue weighted by molar-refractivity contribution is 5.95. The van der Waals surface area contributed by atoms with Crippen LogP contribution in [-0.4, -0.2) is 37.2 Å². The van der Waals surface area contributed by atoms with Crippen LogP contribution in [0.1, 0.15) is 18.9 Å². The molecule has 154 valence electrons. The normalized spacial score (nSPS) is 15.1. The van der Waals surface area contributed by atoms with Crippen LogP contribution in [0.3, 0.4) is 0 Å². The second-order valence-electron chi connectivity index (χ2n) is 8.24. The summed E-state index contributed by atoms with van der Waals surface area (Å²) >= 11 is 0. The Hall–Kier alpha value is -3.51. The summed E-state index contributed by atoms with van der Waals surface area (Å²) in [6, 6.07) is 17.5. The SMILES string of the molecule is Cn1ccnc1-c1nc2c(-c3ccc4ccccc4c3)ccnc2n1C1CCNCC1. The lowest BCUT2D eigenvalue weighted by Crippen LogP contribution is -2.30. The van der Waals surface area contributed by atoms with Gasteiger partial charge >= 0.3 is 0 Å². The van der Waals surface area contributed by atoms with E-state index in [9.17, 15) is 0 Å². The number of aryl methyl sites for hydroxylation is 1. The van der Waals surface area contributed by atoms with Crippen LogP contribution in [0.4, 0.5) is 0 Å². The van der Waals surface area contributed by atoms with Gasteiger partial charge in [0.15, 0.2) is 17.3 Å². The number of hydrogen-bond donors (Lipinski definition) is 1. The van der Waals surface area contributed by atoms with E-state index in [1.165, 1.54) is 10.8 Å². The Morgan fingerprint density at radius 2 is 1.74 bits per heavy atom. The second kappa shape index (κ2) is 7.32. The molecule has 1 saturated heterocycles. The number of piperidine rings is 1. The molecule has 1 aliphatic rings. The highest BCUT2D eigenvalue weighted by Gasteiger charge is 2.26. The van der Waals surface area contributed by atoms with Gasteiger partial charge in [-0.1, -0.05) is 36.4 Å². The minimum Gasteiger partial charge on any atom is -0.331 e. The Morgan fingerprint density at radius 3 is 2.55 bits per heavy atom. The molecule has 31 heavy (non-hydrogen) atoms. The fourth-order valence-electron chi connectivity index (χ4n) is 4.73. The molecular formula is C25H24N6. The predicted molar refractivity (Wildman–Crippen MR) is 124 cm³/mol. The average Bonchev–Trinajstić information content (AvgIpc) is 3.42. The van der Waals surface area contributed by atoms with Gasteiger partial charge in [-0.05, 0) is 54.4 Å². The summed E-state index contributed by atoms with van der Waals surface area (Å²) < 4.78 is 4.36. The van der Waals surface area contributed by atoms with E-state index in [-0.39, 0.29) is 0 Å². The average molecular weight is 409 g/mol. The first-order chi connectivity index (χ1) is 15.3. The minimum atomic E-state index is 0.359. The Morgan fingerprint density at radius 1 is 0.903 bits per heavy atom. The van der Waals surface area contributed by atoms with Gasteiger partial charge in [-0.25, -0.2) is 15.0 Å². The molecule has 4 heterocycles. The van der Waals surface area contributed by atoms with Crippen LogP contribution in [0.15, 0.2) is 67.1 Å². The molecule has 2 aromatic carbocycles. The lowest BCUT2D eigenvalue weighted by atomic mass is 10.0. The molecule has 0 spiro atoms. The number of fused-ring (bicyclic) bond motifs is 2. The lowest BCUT2D eigenvalue weighted by Gasteiger charge is -2.25. The molecule has 6 rings (SSSR count). The Balaban J connectivity index is 1.60. The maximum Gasteiger partial charge on any atom is 0.179 e. The van der Waals surface area contributed by atoms with Crippen molar-refractivity contribution in [3.8, 4) is 22.8 Å². The topological polar surface area (TPSA) is 60.6 Å². The second-order valence-corrected chi connectivity index (χ2v) is 8.24. The molecular weight excluding hydrogens is 384 g/mol. The van der Waals surface area contributed by atoms with Crippen LogP contribution in [-0.2, 0) is 7.05 Å². The maximum absolute atomic E-state index is 5.14. The van der Waals surface area contributed by atoms with Gasteiger partial charge in [0.2, 0.25) is 0 Å². The molecule has 0 saturated carbocycles. The van der Waals surface area contributed by atoms with E-state index >= 15 is 0 Å². The van der Waals surface area contributed by atoms with Gasteiger partial charge in [-0.15, -0.1) is 0 Å². The Kier molecular flexibility index (Phi) is 4.32. The van der Waals surface area contributed by atoms with E-state index in [1.54, 1.807) is 0 Å². The van der Waals surface area contributed by atoms with Crippen molar-refractivity contribution >= 4 is 21.9 Å². The van der Waals surface area contributed by atoms with Crippen molar-refractivity contribution in [1.29, 1.82) is 0 Å². The summed E-state index contributed by atoms with van der Waals surface area (Å²) in [6.07, 6.45) is 7.84. The minimum absolute atomic E-state index is 0.359. The fourth-order valence-corrected chi connectivity index (χ4v) is 4.73. The Labute approximate surface area is 180 Å². The molecule has 1 fully saturated rings. The zero-order chi connectivity index (χ0) is 20.8. The number of imidazole rings is 2. The van der Waals surface area contributed by atoms with Crippen molar-refractivity contribution < 1.29 is 0 Å². The van der Waals surface area contributed by atoms with E-state index in [2.05, 4.69) is 63.4 Å². The fraction of sp³-hybridized carbons (Fsp3) is 0.240. The number of rotatable bonds is 3. The number of nitrogens with one attached hydrogen (secondary N) is 1. The molecule has 0 atom stereocenters. The van der Waals surface area contributed by atoms with Crippen molar-refractivity contribution in [2.24, 2.45) is 7.05 Å².